The second kappa shape index (κ2) is 17.6. The molecular formula is C36H48N2O6. The lowest BCUT2D eigenvalue weighted by atomic mass is 9.93. The van der Waals surface area contributed by atoms with E-state index in [2.05, 4.69) is 70.5 Å². The van der Waals surface area contributed by atoms with Crippen molar-refractivity contribution in [1.29, 1.82) is 0 Å². The molecule has 0 spiro atoms. The number of esters is 1. The normalized spacial score (nSPS) is 23.4. The van der Waals surface area contributed by atoms with Gasteiger partial charge in [-0.2, -0.15) is 0 Å². The van der Waals surface area contributed by atoms with Crippen LogP contribution in [0.1, 0.15) is 48.8 Å². The monoisotopic (exact) mass is 604 g/mol. The molecule has 3 atom stereocenters. The van der Waals surface area contributed by atoms with Gasteiger partial charge in [0, 0.05) is 51.5 Å². The number of hydrogen-bond donors (Lipinski definition) is 0. The highest BCUT2D eigenvalue weighted by Gasteiger charge is 2.45. The van der Waals surface area contributed by atoms with Crippen molar-refractivity contribution in [3.05, 3.63) is 83.4 Å². The average Bonchev–Trinajstić information content (AvgIpc) is 3.38. The Morgan fingerprint density at radius 2 is 1.50 bits per heavy atom. The lowest BCUT2D eigenvalue weighted by Crippen LogP contribution is -2.49. The van der Waals surface area contributed by atoms with Crippen LogP contribution in [-0.4, -0.2) is 99.5 Å². The van der Waals surface area contributed by atoms with Crippen LogP contribution in [0.25, 0.3) is 0 Å². The summed E-state index contributed by atoms with van der Waals surface area (Å²) in [5, 5.41) is 0. The van der Waals surface area contributed by atoms with Gasteiger partial charge in [0.25, 0.3) is 0 Å². The highest BCUT2D eigenvalue weighted by atomic mass is 16.5. The number of carbonyl (C=O) groups excluding carboxylic acids is 2. The number of allylic oxidation sites excluding steroid dienone is 2. The Morgan fingerprint density at radius 1 is 0.841 bits per heavy atom. The first kappa shape index (κ1) is 32.5. The first-order valence-corrected chi connectivity index (χ1v) is 16.3. The summed E-state index contributed by atoms with van der Waals surface area (Å²) in [4.78, 5) is 30.0. The molecule has 8 nitrogen and oxygen atoms in total. The minimum Gasteiger partial charge on any atom is -0.464 e. The summed E-state index contributed by atoms with van der Waals surface area (Å²) in [7, 11) is 0. The highest BCUT2D eigenvalue weighted by Crippen LogP contribution is 2.34. The van der Waals surface area contributed by atoms with Gasteiger partial charge in [-0.25, -0.2) is 0 Å². The van der Waals surface area contributed by atoms with Gasteiger partial charge in [-0.3, -0.25) is 19.4 Å². The van der Waals surface area contributed by atoms with Gasteiger partial charge < -0.3 is 18.9 Å². The third kappa shape index (κ3) is 10.1. The second-order valence-electron chi connectivity index (χ2n) is 12.0. The van der Waals surface area contributed by atoms with E-state index in [1.54, 1.807) is 0 Å². The maximum atomic E-state index is 13.3. The summed E-state index contributed by atoms with van der Waals surface area (Å²) >= 11 is 0. The predicted octanol–water partition coefficient (Wildman–Crippen LogP) is 4.44. The van der Waals surface area contributed by atoms with Crippen LogP contribution in [0.3, 0.4) is 0 Å². The van der Waals surface area contributed by atoms with E-state index in [0.29, 0.717) is 45.7 Å². The van der Waals surface area contributed by atoms with E-state index in [1.165, 1.54) is 11.1 Å². The van der Waals surface area contributed by atoms with Crippen LogP contribution < -0.4 is 0 Å². The van der Waals surface area contributed by atoms with Crippen LogP contribution >= 0.6 is 0 Å². The van der Waals surface area contributed by atoms with Gasteiger partial charge in [0.1, 0.15) is 6.61 Å². The van der Waals surface area contributed by atoms with Crippen molar-refractivity contribution < 1.29 is 28.5 Å². The zero-order valence-electron chi connectivity index (χ0n) is 25.9. The van der Waals surface area contributed by atoms with Crippen LogP contribution in [0.15, 0.2) is 66.7 Å². The predicted molar refractivity (Wildman–Crippen MR) is 169 cm³/mol. The number of ketones is 1. The van der Waals surface area contributed by atoms with E-state index in [1.807, 2.05) is 6.07 Å². The smallest absolute Gasteiger partial charge is 0.306 e. The second-order valence-corrected chi connectivity index (χ2v) is 12.0. The van der Waals surface area contributed by atoms with E-state index in [-0.39, 0.29) is 29.8 Å². The van der Waals surface area contributed by atoms with Crippen molar-refractivity contribution >= 4 is 11.8 Å². The van der Waals surface area contributed by atoms with Crippen LogP contribution in [0.2, 0.25) is 0 Å². The minimum absolute atomic E-state index is 0.103. The van der Waals surface area contributed by atoms with Gasteiger partial charge >= 0.3 is 5.97 Å². The van der Waals surface area contributed by atoms with Gasteiger partial charge in [0.05, 0.1) is 45.2 Å². The fourth-order valence-corrected chi connectivity index (χ4v) is 6.47. The first-order valence-electron chi connectivity index (χ1n) is 16.3. The molecule has 3 fully saturated rings. The number of nitrogens with zero attached hydrogens (tertiary/aromatic N) is 2. The molecule has 1 unspecified atom stereocenters. The van der Waals surface area contributed by atoms with Gasteiger partial charge in [-0.05, 0) is 42.4 Å². The third-order valence-electron chi connectivity index (χ3n) is 8.92. The molecule has 0 bridgehead atoms. The first-order chi connectivity index (χ1) is 21.7. The molecule has 3 aliphatic rings. The molecule has 0 N–H and O–H groups in total. The van der Waals surface area contributed by atoms with Gasteiger partial charge in [-0.15, -0.1) is 0 Å². The lowest BCUT2D eigenvalue weighted by Gasteiger charge is -2.35. The molecule has 0 amide bonds. The molecule has 2 aromatic rings. The van der Waals surface area contributed by atoms with Crippen molar-refractivity contribution in [3.63, 3.8) is 0 Å². The number of hydrogen-bond acceptors (Lipinski definition) is 8. The van der Waals surface area contributed by atoms with Crippen molar-refractivity contribution in [2.75, 3.05) is 65.8 Å². The molecule has 238 valence electrons. The van der Waals surface area contributed by atoms with Crippen molar-refractivity contribution in [2.24, 2.45) is 5.92 Å². The summed E-state index contributed by atoms with van der Waals surface area (Å²) in [6, 6.07) is 19.0. The summed E-state index contributed by atoms with van der Waals surface area (Å²) in [6.45, 7) is 7.88. The lowest BCUT2D eigenvalue weighted by molar-refractivity contribution is -0.144. The quantitative estimate of drug-likeness (QED) is 0.218. The molecule has 44 heavy (non-hydrogen) atoms. The molecule has 0 aromatic heterocycles. The Balaban J connectivity index is 1.08. The zero-order valence-corrected chi connectivity index (χ0v) is 25.9. The van der Waals surface area contributed by atoms with Crippen LogP contribution in [0, 0.1) is 5.92 Å². The topological polar surface area (TPSA) is 77.5 Å². The Morgan fingerprint density at radius 3 is 2.25 bits per heavy atom. The Kier molecular flexibility index (Phi) is 13.0. The summed E-state index contributed by atoms with van der Waals surface area (Å²) in [5.41, 5.74) is 3.69. The average molecular weight is 605 g/mol. The molecule has 8 heteroatoms. The highest BCUT2D eigenvalue weighted by molar-refractivity contribution is 5.87. The molecule has 5 rings (SSSR count). The summed E-state index contributed by atoms with van der Waals surface area (Å²) in [5.74, 6) is 0.259. The standard InChI is InChI=1S/C36H48N2O6/c39-33-27-34(44-28-31-14-12-30(13-15-31)26-29-8-4-3-5-9-29)32(36(33)38-19-23-42-24-20-38)10-6-1-2-7-11-35(40)43-25-18-37-16-21-41-22-17-37/h1-5,8-9,12-15,32,34,36H,6-7,10-11,16-28H2/b2-1-/t32?,34-,36+/m0/s1. The molecule has 1 saturated carbocycles. The van der Waals surface area contributed by atoms with Gasteiger partial charge in [0.2, 0.25) is 0 Å². The maximum Gasteiger partial charge on any atom is 0.306 e. The summed E-state index contributed by atoms with van der Waals surface area (Å²) in [6.07, 6.45) is 8.23. The number of morpholine rings is 2. The fraction of sp³-hybridized carbons (Fsp3) is 0.556. The number of Topliss-reactive ketones (excluding diaryl/α,β-unsaturated/α-hetero) is 1. The summed E-state index contributed by atoms with van der Waals surface area (Å²) < 4.78 is 22.8. The Hall–Kier alpha value is -2.88. The molecular weight excluding hydrogens is 556 g/mol. The van der Waals surface area contributed by atoms with E-state index >= 15 is 0 Å². The number of ether oxygens (including phenoxy) is 4. The number of benzene rings is 2. The minimum atomic E-state index is -0.154. The fourth-order valence-electron chi connectivity index (χ4n) is 6.47. The largest absolute Gasteiger partial charge is 0.464 e. The van der Waals surface area contributed by atoms with Crippen LogP contribution in [0.4, 0.5) is 0 Å². The molecule has 2 heterocycles. The number of rotatable bonds is 15. The SMILES string of the molecule is O=C(CC/C=C\CCC1[C@@H](OCc2ccc(Cc3ccccc3)cc2)CC(=O)[C@@H]1N1CCOCC1)OCCN1CCOCC1. The van der Waals surface area contributed by atoms with E-state index in [0.717, 1.165) is 70.8 Å². The molecule has 2 aliphatic heterocycles. The van der Waals surface area contributed by atoms with Gasteiger partial charge in [0.15, 0.2) is 5.78 Å². The van der Waals surface area contributed by atoms with Crippen molar-refractivity contribution in [3.8, 4) is 0 Å². The van der Waals surface area contributed by atoms with Crippen molar-refractivity contribution in [1.82, 2.24) is 9.80 Å². The van der Waals surface area contributed by atoms with E-state index in [9.17, 15) is 9.59 Å². The maximum absolute atomic E-state index is 13.3. The van der Waals surface area contributed by atoms with E-state index in [4.69, 9.17) is 18.9 Å². The Bertz CT molecular complexity index is 1170. The number of carbonyl (C=O) groups is 2. The zero-order chi connectivity index (χ0) is 30.4. The van der Waals surface area contributed by atoms with Gasteiger partial charge in [-0.1, -0.05) is 66.7 Å². The van der Waals surface area contributed by atoms with Crippen molar-refractivity contribution in [2.45, 2.75) is 57.3 Å². The Labute approximate surface area is 262 Å². The molecule has 2 saturated heterocycles. The molecule has 2 aromatic carbocycles. The third-order valence-corrected chi connectivity index (χ3v) is 8.92. The van der Waals surface area contributed by atoms with Crippen LogP contribution in [0.5, 0.6) is 0 Å². The van der Waals surface area contributed by atoms with E-state index < -0.39 is 0 Å². The molecule has 1 aliphatic carbocycles. The van der Waals surface area contributed by atoms with Crippen LogP contribution in [-0.2, 0) is 41.6 Å². The molecule has 0 radical (unpaired) electrons.